The lowest BCUT2D eigenvalue weighted by molar-refractivity contribution is 0.0428. The van der Waals surface area contributed by atoms with Crippen LogP contribution in [0.3, 0.4) is 0 Å². The Bertz CT molecular complexity index is 812. The molecule has 2 aromatic carbocycles. The summed E-state index contributed by atoms with van der Waals surface area (Å²) in [6.45, 7) is 3.07. The quantitative estimate of drug-likeness (QED) is 0.810. The number of Topliss-reactive ketones (excluding diaryl/α,β-unsaturated/α-hetero) is 1. The zero-order valence-electron chi connectivity index (χ0n) is 13.6. The maximum Gasteiger partial charge on any atom is 0.253 e. The molecule has 2 aliphatic rings. The summed E-state index contributed by atoms with van der Waals surface area (Å²) in [7, 11) is 0. The molecule has 24 heavy (non-hydrogen) atoms. The number of ether oxygens (including phenoxy) is 1. The molecule has 0 aromatic heterocycles. The summed E-state index contributed by atoms with van der Waals surface area (Å²) in [5, 5.41) is 0. The first-order chi connectivity index (χ1) is 11.6. The lowest BCUT2D eigenvalue weighted by atomic mass is 9.89. The molecule has 4 rings (SSSR count). The SMILES string of the molecule is Cc1ccc(C(=O)N2CCC3(CC(=O)c4ccccc4O3)C2)cc1. The fourth-order valence-corrected chi connectivity index (χ4v) is 3.57. The maximum absolute atomic E-state index is 12.7. The van der Waals surface area contributed by atoms with E-state index in [-0.39, 0.29) is 11.7 Å². The normalized spacial score (nSPS) is 22.4. The molecule has 4 nitrogen and oxygen atoms in total. The average molecular weight is 321 g/mol. The van der Waals surface area contributed by atoms with E-state index in [1.165, 1.54) is 0 Å². The van der Waals surface area contributed by atoms with Crippen molar-refractivity contribution in [3.8, 4) is 5.75 Å². The van der Waals surface area contributed by atoms with Crippen LogP contribution in [0.4, 0.5) is 0 Å². The molecule has 1 saturated heterocycles. The van der Waals surface area contributed by atoms with E-state index in [0.29, 0.717) is 42.8 Å². The topological polar surface area (TPSA) is 46.6 Å². The van der Waals surface area contributed by atoms with Crippen LogP contribution in [0.2, 0.25) is 0 Å². The van der Waals surface area contributed by atoms with E-state index in [9.17, 15) is 9.59 Å². The van der Waals surface area contributed by atoms with Crippen LogP contribution in [0.5, 0.6) is 5.75 Å². The van der Waals surface area contributed by atoms with Crippen LogP contribution in [-0.4, -0.2) is 35.3 Å². The molecule has 0 radical (unpaired) electrons. The molecule has 1 spiro atoms. The Balaban J connectivity index is 1.55. The number of hydrogen-bond donors (Lipinski definition) is 0. The van der Waals surface area contributed by atoms with Crippen molar-refractivity contribution >= 4 is 11.7 Å². The lowest BCUT2D eigenvalue weighted by Gasteiger charge is -2.34. The molecule has 1 unspecified atom stereocenters. The number of benzene rings is 2. The molecule has 1 amide bonds. The number of fused-ring (bicyclic) bond motifs is 1. The van der Waals surface area contributed by atoms with E-state index in [1.807, 2.05) is 49.4 Å². The smallest absolute Gasteiger partial charge is 0.253 e. The fourth-order valence-electron chi connectivity index (χ4n) is 3.57. The lowest BCUT2D eigenvalue weighted by Crippen LogP contribution is -2.45. The molecule has 0 saturated carbocycles. The highest BCUT2D eigenvalue weighted by atomic mass is 16.5. The van der Waals surface area contributed by atoms with Gasteiger partial charge in [0, 0.05) is 18.5 Å². The van der Waals surface area contributed by atoms with Gasteiger partial charge in [-0.25, -0.2) is 0 Å². The van der Waals surface area contributed by atoms with E-state index in [2.05, 4.69) is 0 Å². The van der Waals surface area contributed by atoms with Gasteiger partial charge in [-0.05, 0) is 31.2 Å². The number of carbonyl (C=O) groups excluding carboxylic acids is 2. The molecule has 1 fully saturated rings. The van der Waals surface area contributed by atoms with Gasteiger partial charge in [-0.15, -0.1) is 0 Å². The second-order valence-corrected chi connectivity index (χ2v) is 6.72. The molecule has 2 aliphatic heterocycles. The van der Waals surface area contributed by atoms with Crippen molar-refractivity contribution in [1.82, 2.24) is 4.90 Å². The van der Waals surface area contributed by atoms with Crippen LogP contribution >= 0.6 is 0 Å². The van der Waals surface area contributed by atoms with Crippen molar-refractivity contribution in [3.05, 3.63) is 65.2 Å². The number of amides is 1. The van der Waals surface area contributed by atoms with Gasteiger partial charge < -0.3 is 9.64 Å². The van der Waals surface area contributed by atoms with Crippen molar-refractivity contribution in [1.29, 1.82) is 0 Å². The van der Waals surface area contributed by atoms with Gasteiger partial charge in [0.2, 0.25) is 0 Å². The number of likely N-dealkylation sites (tertiary alicyclic amines) is 1. The van der Waals surface area contributed by atoms with Gasteiger partial charge in [-0.2, -0.15) is 0 Å². The van der Waals surface area contributed by atoms with Crippen molar-refractivity contribution in [2.45, 2.75) is 25.4 Å². The highest BCUT2D eigenvalue weighted by molar-refractivity contribution is 6.00. The van der Waals surface area contributed by atoms with Gasteiger partial charge in [0.05, 0.1) is 18.5 Å². The van der Waals surface area contributed by atoms with Gasteiger partial charge in [-0.1, -0.05) is 29.8 Å². The van der Waals surface area contributed by atoms with E-state index in [0.717, 1.165) is 5.56 Å². The van der Waals surface area contributed by atoms with Gasteiger partial charge in [0.15, 0.2) is 5.78 Å². The van der Waals surface area contributed by atoms with Gasteiger partial charge in [-0.3, -0.25) is 9.59 Å². The Kier molecular flexibility index (Phi) is 3.41. The monoisotopic (exact) mass is 321 g/mol. The molecular weight excluding hydrogens is 302 g/mol. The summed E-state index contributed by atoms with van der Waals surface area (Å²) in [5.74, 6) is 0.738. The van der Waals surface area contributed by atoms with E-state index >= 15 is 0 Å². The third-order valence-corrected chi connectivity index (χ3v) is 4.90. The summed E-state index contributed by atoms with van der Waals surface area (Å²) in [4.78, 5) is 26.9. The van der Waals surface area contributed by atoms with Crippen LogP contribution in [0.25, 0.3) is 0 Å². The molecule has 122 valence electrons. The largest absolute Gasteiger partial charge is 0.484 e. The Morgan fingerprint density at radius 3 is 2.67 bits per heavy atom. The summed E-state index contributed by atoms with van der Waals surface area (Å²) < 4.78 is 6.17. The Morgan fingerprint density at radius 1 is 1.12 bits per heavy atom. The fraction of sp³-hybridized carbons (Fsp3) is 0.300. The summed E-state index contributed by atoms with van der Waals surface area (Å²) in [5.41, 5.74) is 1.88. The van der Waals surface area contributed by atoms with Crippen molar-refractivity contribution in [2.75, 3.05) is 13.1 Å². The minimum Gasteiger partial charge on any atom is -0.484 e. The molecular formula is C20H19NO3. The first kappa shape index (κ1) is 14.9. The number of hydrogen-bond acceptors (Lipinski definition) is 3. The highest BCUT2D eigenvalue weighted by Crippen LogP contribution is 2.38. The summed E-state index contributed by atoms with van der Waals surface area (Å²) in [6.07, 6.45) is 1.02. The second kappa shape index (κ2) is 5.48. The molecule has 1 atom stereocenters. The van der Waals surface area contributed by atoms with Crippen molar-refractivity contribution in [3.63, 3.8) is 0 Å². The third kappa shape index (κ3) is 2.48. The van der Waals surface area contributed by atoms with E-state index in [4.69, 9.17) is 4.74 Å². The van der Waals surface area contributed by atoms with Crippen LogP contribution in [-0.2, 0) is 0 Å². The summed E-state index contributed by atoms with van der Waals surface area (Å²) in [6, 6.07) is 14.9. The molecule has 0 aliphatic carbocycles. The Hall–Kier alpha value is -2.62. The number of carbonyl (C=O) groups is 2. The standard InChI is InChI=1S/C20H19NO3/c1-14-6-8-15(9-7-14)19(23)21-11-10-20(13-21)12-17(22)16-4-2-3-5-18(16)24-20/h2-9H,10-13H2,1H3. The van der Waals surface area contributed by atoms with Crippen molar-refractivity contribution in [2.24, 2.45) is 0 Å². The van der Waals surface area contributed by atoms with Gasteiger partial charge in [0.1, 0.15) is 11.4 Å². The third-order valence-electron chi connectivity index (χ3n) is 4.90. The van der Waals surface area contributed by atoms with E-state index < -0.39 is 5.60 Å². The Labute approximate surface area is 141 Å². The average Bonchev–Trinajstić information content (AvgIpc) is 2.98. The summed E-state index contributed by atoms with van der Waals surface area (Å²) >= 11 is 0. The van der Waals surface area contributed by atoms with E-state index in [1.54, 1.807) is 11.0 Å². The van der Waals surface area contributed by atoms with Crippen LogP contribution in [0.15, 0.2) is 48.5 Å². The zero-order valence-corrected chi connectivity index (χ0v) is 13.6. The first-order valence-electron chi connectivity index (χ1n) is 8.24. The van der Waals surface area contributed by atoms with Gasteiger partial charge in [0.25, 0.3) is 5.91 Å². The molecule has 4 heteroatoms. The highest BCUT2D eigenvalue weighted by Gasteiger charge is 2.46. The van der Waals surface area contributed by atoms with Crippen LogP contribution < -0.4 is 4.74 Å². The molecule has 2 aromatic rings. The predicted molar refractivity (Wildman–Crippen MR) is 90.4 cm³/mol. The number of rotatable bonds is 1. The number of ketones is 1. The van der Waals surface area contributed by atoms with Gasteiger partial charge >= 0.3 is 0 Å². The maximum atomic E-state index is 12.7. The molecule has 0 N–H and O–H groups in total. The van der Waals surface area contributed by atoms with Crippen LogP contribution in [0, 0.1) is 6.92 Å². The van der Waals surface area contributed by atoms with Crippen LogP contribution in [0.1, 0.15) is 39.1 Å². The molecule has 0 bridgehead atoms. The second-order valence-electron chi connectivity index (χ2n) is 6.72. The van der Waals surface area contributed by atoms with Crippen molar-refractivity contribution < 1.29 is 14.3 Å². The minimum absolute atomic E-state index is 0.00165. The molecule has 2 heterocycles. The predicted octanol–water partition coefficient (Wildman–Crippen LogP) is 3.25. The number of aryl methyl sites for hydroxylation is 1. The zero-order chi connectivity index (χ0) is 16.7. The number of para-hydroxylation sites is 1. The number of nitrogens with zero attached hydrogens (tertiary/aromatic N) is 1. The first-order valence-corrected chi connectivity index (χ1v) is 8.24. The Morgan fingerprint density at radius 2 is 1.88 bits per heavy atom. The minimum atomic E-state index is -0.578.